The molecule has 0 amide bonds. The quantitative estimate of drug-likeness (QED) is 0.618. The van der Waals surface area contributed by atoms with Crippen molar-refractivity contribution >= 4 is 5.69 Å². The third kappa shape index (κ3) is 2.13. The number of methoxy groups -OCH3 is 1. The van der Waals surface area contributed by atoms with E-state index in [0.717, 1.165) is 0 Å². The highest BCUT2D eigenvalue weighted by atomic mass is 19.1. The van der Waals surface area contributed by atoms with Crippen LogP contribution in [0.4, 0.5) is 10.1 Å². The van der Waals surface area contributed by atoms with Crippen LogP contribution in [0.1, 0.15) is 0 Å². The van der Waals surface area contributed by atoms with Gasteiger partial charge in [0.05, 0.1) is 17.7 Å². The third-order valence-corrected chi connectivity index (χ3v) is 2.38. The third-order valence-electron chi connectivity index (χ3n) is 2.38. The molecule has 0 saturated heterocycles. The fraction of sp³-hybridized carbons (Fsp3) is 0.0833. The molecular weight excluding hydrogens is 239 g/mol. The second-order valence-corrected chi connectivity index (χ2v) is 3.46. The van der Waals surface area contributed by atoms with Gasteiger partial charge in [0, 0.05) is 11.6 Å². The van der Waals surface area contributed by atoms with Gasteiger partial charge >= 0.3 is 5.69 Å². The Morgan fingerprint density at radius 3 is 2.61 bits per heavy atom. The van der Waals surface area contributed by atoms with E-state index < -0.39 is 10.7 Å². The van der Waals surface area contributed by atoms with Crippen LogP contribution in [-0.4, -0.2) is 17.0 Å². The van der Waals surface area contributed by atoms with E-state index in [1.807, 2.05) is 0 Å². The minimum absolute atomic E-state index is 0.138. The highest BCUT2D eigenvalue weighted by Gasteiger charge is 2.18. The predicted molar refractivity (Wildman–Crippen MR) is 62.8 cm³/mol. The van der Waals surface area contributed by atoms with Crippen LogP contribution in [0.3, 0.4) is 0 Å². The predicted octanol–water partition coefficient (Wildman–Crippen LogP) is 2.80. The molecule has 0 unspecified atom stereocenters. The number of nitro groups is 1. The molecule has 6 heteroatoms. The van der Waals surface area contributed by atoms with Crippen molar-refractivity contribution in [1.29, 1.82) is 0 Å². The molecule has 0 aliphatic rings. The zero-order chi connectivity index (χ0) is 13.1. The Bertz CT molecular complexity index is 602. The van der Waals surface area contributed by atoms with Crippen molar-refractivity contribution in [2.45, 2.75) is 0 Å². The second-order valence-electron chi connectivity index (χ2n) is 3.46. The van der Waals surface area contributed by atoms with Gasteiger partial charge in [0.15, 0.2) is 0 Å². The van der Waals surface area contributed by atoms with Crippen molar-refractivity contribution in [2.75, 3.05) is 7.11 Å². The standard InChI is InChI=1S/C12H9FN2O3/c1-18-12-11(15(16)17)7-6-10(14-12)8-4-2-3-5-9(8)13/h2-7H,1H3. The number of hydrogen-bond acceptors (Lipinski definition) is 4. The molecule has 0 bridgehead atoms. The number of ether oxygens (including phenoxy) is 1. The van der Waals surface area contributed by atoms with Crippen molar-refractivity contribution < 1.29 is 14.1 Å². The molecule has 2 rings (SSSR count). The highest BCUT2D eigenvalue weighted by molar-refractivity contribution is 5.62. The molecule has 1 heterocycles. The van der Waals surface area contributed by atoms with Crippen molar-refractivity contribution in [3.05, 3.63) is 52.3 Å². The molecule has 0 N–H and O–H groups in total. The van der Waals surface area contributed by atoms with E-state index >= 15 is 0 Å². The Hall–Kier alpha value is -2.50. The van der Waals surface area contributed by atoms with Crippen LogP contribution in [0.25, 0.3) is 11.3 Å². The maximum Gasteiger partial charge on any atom is 0.330 e. The van der Waals surface area contributed by atoms with E-state index in [0.29, 0.717) is 0 Å². The van der Waals surface area contributed by atoms with Crippen LogP contribution in [0.2, 0.25) is 0 Å². The lowest BCUT2D eigenvalue weighted by molar-refractivity contribution is -0.386. The largest absolute Gasteiger partial charge is 0.476 e. The maximum absolute atomic E-state index is 13.6. The average Bonchev–Trinajstić information content (AvgIpc) is 2.38. The lowest BCUT2D eigenvalue weighted by Crippen LogP contribution is -1.98. The molecule has 0 spiro atoms. The minimum Gasteiger partial charge on any atom is -0.476 e. The molecule has 0 saturated carbocycles. The van der Waals surface area contributed by atoms with Gasteiger partial charge in [-0.1, -0.05) is 12.1 Å². The van der Waals surface area contributed by atoms with Crippen LogP contribution < -0.4 is 4.74 Å². The molecule has 0 aliphatic carbocycles. The van der Waals surface area contributed by atoms with Gasteiger partial charge in [0.1, 0.15) is 5.82 Å². The summed E-state index contributed by atoms with van der Waals surface area (Å²) in [5.41, 5.74) is 0.304. The van der Waals surface area contributed by atoms with E-state index in [1.165, 1.54) is 25.3 Å². The zero-order valence-electron chi connectivity index (χ0n) is 9.46. The summed E-state index contributed by atoms with van der Waals surface area (Å²) >= 11 is 0. The lowest BCUT2D eigenvalue weighted by atomic mass is 10.1. The van der Waals surface area contributed by atoms with Crippen LogP contribution in [-0.2, 0) is 0 Å². The first-order valence-corrected chi connectivity index (χ1v) is 5.08. The first-order valence-electron chi connectivity index (χ1n) is 5.08. The molecule has 5 nitrogen and oxygen atoms in total. The summed E-state index contributed by atoms with van der Waals surface area (Å²) in [6.45, 7) is 0. The van der Waals surface area contributed by atoms with E-state index in [1.54, 1.807) is 18.2 Å². The number of hydrogen-bond donors (Lipinski definition) is 0. The van der Waals surface area contributed by atoms with Gasteiger partial charge in [-0.25, -0.2) is 9.37 Å². The van der Waals surface area contributed by atoms with Crippen LogP contribution in [0.15, 0.2) is 36.4 Å². The van der Waals surface area contributed by atoms with Gasteiger partial charge in [0.2, 0.25) is 0 Å². The molecule has 92 valence electrons. The normalized spacial score (nSPS) is 10.1. The monoisotopic (exact) mass is 248 g/mol. The fourth-order valence-electron chi connectivity index (χ4n) is 1.54. The number of rotatable bonds is 3. The molecule has 0 radical (unpaired) electrons. The Morgan fingerprint density at radius 1 is 1.28 bits per heavy atom. The van der Waals surface area contributed by atoms with Gasteiger partial charge in [-0.2, -0.15) is 0 Å². The highest BCUT2D eigenvalue weighted by Crippen LogP contribution is 2.29. The minimum atomic E-state index is -0.600. The Morgan fingerprint density at radius 2 is 2.00 bits per heavy atom. The molecule has 0 atom stereocenters. The topological polar surface area (TPSA) is 65.3 Å². The number of nitrogens with zero attached hydrogens (tertiary/aromatic N) is 2. The Balaban J connectivity index is 2.55. The van der Waals surface area contributed by atoms with Gasteiger partial charge in [-0.05, 0) is 18.2 Å². The van der Waals surface area contributed by atoms with Gasteiger partial charge in [0.25, 0.3) is 5.88 Å². The number of pyridine rings is 1. The zero-order valence-corrected chi connectivity index (χ0v) is 9.46. The summed E-state index contributed by atoms with van der Waals surface area (Å²) in [7, 11) is 1.28. The van der Waals surface area contributed by atoms with Crippen molar-refractivity contribution in [1.82, 2.24) is 4.98 Å². The van der Waals surface area contributed by atoms with E-state index in [9.17, 15) is 14.5 Å². The van der Waals surface area contributed by atoms with Crippen LogP contribution >= 0.6 is 0 Å². The van der Waals surface area contributed by atoms with Crippen molar-refractivity contribution in [2.24, 2.45) is 0 Å². The second kappa shape index (κ2) is 4.79. The van der Waals surface area contributed by atoms with E-state index in [4.69, 9.17) is 4.74 Å². The molecule has 0 fully saturated rings. The molecule has 2 aromatic rings. The molecule has 18 heavy (non-hydrogen) atoms. The average molecular weight is 248 g/mol. The summed E-state index contributed by atoms with van der Waals surface area (Å²) in [5.74, 6) is -0.582. The summed E-state index contributed by atoms with van der Waals surface area (Å²) < 4.78 is 18.4. The first kappa shape index (κ1) is 12.0. The SMILES string of the molecule is COc1nc(-c2ccccc2F)ccc1[N+](=O)[O-]. The summed E-state index contributed by atoms with van der Waals surface area (Å²) in [5, 5.41) is 10.7. The summed E-state index contributed by atoms with van der Waals surface area (Å²) in [6.07, 6.45) is 0. The van der Waals surface area contributed by atoms with Gasteiger partial charge in [-0.3, -0.25) is 10.1 Å². The number of aromatic nitrogens is 1. The Kier molecular flexibility index (Phi) is 3.18. The lowest BCUT2D eigenvalue weighted by Gasteiger charge is -2.05. The van der Waals surface area contributed by atoms with Crippen molar-refractivity contribution in [3.63, 3.8) is 0 Å². The van der Waals surface area contributed by atoms with E-state index in [-0.39, 0.29) is 22.8 Å². The van der Waals surface area contributed by atoms with Crippen LogP contribution in [0.5, 0.6) is 5.88 Å². The fourth-order valence-corrected chi connectivity index (χ4v) is 1.54. The van der Waals surface area contributed by atoms with Crippen molar-refractivity contribution in [3.8, 4) is 17.1 Å². The maximum atomic E-state index is 13.6. The molecule has 1 aromatic heterocycles. The smallest absolute Gasteiger partial charge is 0.330 e. The summed E-state index contributed by atoms with van der Waals surface area (Å²) in [4.78, 5) is 14.0. The summed E-state index contributed by atoms with van der Waals surface area (Å²) in [6, 6.07) is 8.69. The van der Waals surface area contributed by atoms with Crippen LogP contribution in [0, 0.1) is 15.9 Å². The van der Waals surface area contributed by atoms with E-state index in [2.05, 4.69) is 4.98 Å². The Labute approximate surface area is 102 Å². The van der Waals surface area contributed by atoms with Gasteiger partial charge < -0.3 is 4.74 Å². The molecule has 1 aromatic carbocycles. The molecule has 0 aliphatic heterocycles. The number of benzene rings is 1. The number of halogens is 1. The molecular formula is C12H9FN2O3. The first-order chi connectivity index (χ1) is 8.63. The van der Waals surface area contributed by atoms with Gasteiger partial charge in [-0.15, -0.1) is 0 Å².